The monoisotopic (exact) mass is 1050 g/mol. The predicted molar refractivity (Wildman–Crippen MR) is 328 cm³/mol. The van der Waals surface area contributed by atoms with E-state index in [2.05, 4.69) is 210 Å². The minimum Gasteiger partial charge on any atom is -0.308 e. The maximum atomic E-state index is 16.3. The highest BCUT2D eigenvalue weighted by Gasteiger charge is 2.35. The van der Waals surface area contributed by atoms with Crippen molar-refractivity contribution in [1.29, 1.82) is 0 Å². The van der Waals surface area contributed by atoms with E-state index in [9.17, 15) is 0 Å². The lowest BCUT2D eigenvalue weighted by molar-refractivity contribution is -0.137. The van der Waals surface area contributed by atoms with Gasteiger partial charge in [-0.05, 0) is 195 Å². The zero-order valence-corrected chi connectivity index (χ0v) is 46.1. The summed E-state index contributed by atoms with van der Waals surface area (Å²) in [6.07, 6.45) is -4.74. The molecule has 0 N–H and O–H groups in total. The van der Waals surface area contributed by atoms with Crippen LogP contribution in [0.4, 0.5) is 13.2 Å². The quantitative estimate of drug-likeness (QED) is 0.149. The second-order valence-corrected chi connectivity index (χ2v) is 22.0. The number of aromatic nitrogens is 3. The molecular weight excluding hydrogens is 988 g/mol. The molecule has 0 fully saturated rings. The Morgan fingerprint density at radius 2 is 0.650 bits per heavy atom. The maximum absolute atomic E-state index is 16.3. The number of halogens is 3. The zero-order valence-electron chi connectivity index (χ0n) is 46.1. The van der Waals surface area contributed by atoms with Gasteiger partial charge in [0.15, 0.2) is 0 Å². The average molecular weight is 1050 g/mol. The smallest absolute Gasteiger partial charge is 0.308 e. The Bertz CT molecular complexity index is 4200. The molecule has 0 saturated heterocycles. The third-order valence-corrected chi connectivity index (χ3v) is 16.3. The number of hydrogen-bond donors (Lipinski definition) is 0. The van der Waals surface area contributed by atoms with Gasteiger partial charge in [0, 0.05) is 32.7 Å². The molecular formula is C74H58F3N3. The highest BCUT2D eigenvalue weighted by atomic mass is 19.4. The fourth-order valence-corrected chi connectivity index (χ4v) is 12.5. The van der Waals surface area contributed by atoms with Crippen LogP contribution in [0.2, 0.25) is 0 Å². The molecule has 6 heteroatoms. The van der Waals surface area contributed by atoms with Crippen LogP contribution in [0.15, 0.2) is 206 Å². The van der Waals surface area contributed by atoms with E-state index in [1.54, 1.807) is 0 Å². The first-order valence-corrected chi connectivity index (χ1v) is 27.3. The summed E-state index contributed by atoms with van der Waals surface area (Å²) in [6.45, 7) is 16.9. The molecule has 390 valence electrons. The standard InChI is InChI=1S/C74H58F3N3/c1-43-17-25-57(47(5)33-43)52-21-29-67-61(37-52)62-38-53(58-26-18-44(2)34-48(58)6)22-30-68(62)79(67)71-41-56(74(75,76)77)42-72(73(71)66-16-12-15-65(78-66)51-13-10-9-11-14-51)80-69-31-23-54(59-27-19-45(3)35-49(59)7)39-63(69)64-40-55(24-32-70(64)80)60-28-20-46(4)36-50(60)8/h9-42H,1-8H3. The fourth-order valence-electron chi connectivity index (χ4n) is 12.5. The summed E-state index contributed by atoms with van der Waals surface area (Å²) in [5.74, 6) is 0. The second kappa shape index (κ2) is 19.3. The molecule has 10 aromatic carbocycles. The number of nitrogens with zero attached hydrogens (tertiary/aromatic N) is 3. The topological polar surface area (TPSA) is 22.8 Å². The number of rotatable bonds is 8. The van der Waals surface area contributed by atoms with Crippen LogP contribution in [0.3, 0.4) is 0 Å². The molecule has 13 rings (SSSR count). The molecule has 0 aliphatic heterocycles. The summed E-state index contributed by atoms with van der Waals surface area (Å²) in [7, 11) is 0. The van der Waals surface area contributed by atoms with Gasteiger partial charge >= 0.3 is 6.18 Å². The van der Waals surface area contributed by atoms with Crippen molar-refractivity contribution in [3.8, 4) is 78.4 Å². The maximum Gasteiger partial charge on any atom is 0.416 e. The second-order valence-electron chi connectivity index (χ2n) is 22.0. The SMILES string of the molecule is Cc1ccc(-c2ccc3c(c2)c2cc(-c4ccc(C)cc4C)ccc2n3-c2cc(C(F)(F)F)cc(-n3c4ccc(-c5ccc(C)cc5C)cc4c4cc(-c5ccc(C)cc5C)ccc43)c2-c2cccc(-c3ccccc3)n2)c(C)c1. The van der Waals surface area contributed by atoms with Crippen LogP contribution in [0.5, 0.6) is 0 Å². The summed E-state index contributed by atoms with van der Waals surface area (Å²) in [4.78, 5) is 5.44. The molecule has 0 unspecified atom stereocenters. The molecule has 3 heterocycles. The van der Waals surface area contributed by atoms with Crippen molar-refractivity contribution in [2.75, 3.05) is 0 Å². The van der Waals surface area contributed by atoms with E-state index in [1.807, 2.05) is 48.5 Å². The highest BCUT2D eigenvalue weighted by Crippen LogP contribution is 2.47. The molecule has 0 spiro atoms. The summed E-state index contributed by atoms with van der Waals surface area (Å²) in [5.41, 5.74) is 23.5. The number of hydrogen-bond acceptors (Lipinski definition) is 1. The van der Waals surface area contributed by atoms with E-state index in [1.165, 1.54) is 34.4 Å². The molecule has 80 heavy (non-hydrogen) atoms. The third kappa shape index (κ3) is 8.67. The van der Waals surface area contributed by atoms with E-state index < -0.39 is 11.7 Å². The van der Waals surface area contributed by atoms with Crippen molar-refractivity contribution in [2.24, 2.45) is 0 Å². The first-order chi connectivity index (χ1) is 38.6. The minimum atomic E-state index is -4.74. The van der Waals surface area contributed by atoms with Crippen LogP contribution in [-0.4, -0.2) is 14.1 Å². The van der Waals surface area contributed by atoms with Crippen LogP contribution < -0.4 is 0 Å². The Balaban J connectivity index is 1.18. The van der Waals surface area contributed by atoms with Gasteiger partial charge in [-0.15, -0.1) is 0 Å². The number of aryl methyl sites for hydroxylation is 8. The summed E-state index contributed by atoms with van der Waals surface area (Å²) < 4.78 is 53.0. The largest absolute Gasteiger partial charge is 0.416 e. The molecule has 3 aromatic heterocycles. The molecule has 3 nitrogen and oxygen atoms in total. The average Bonchev–Trinajstić information content (AvgIpc) is 4.18. The van der Waals surface area contributed by atoms with Gasteiger partial charge in [-0.2, -0.15) is 13.2 Å². The Morgan fingerprint density at radius 3 is 0.975 bits per heavy atom. The van der Waals surface area contributed by atoms with Gasteiger partial charge in [-0.1, -0.05) is 156 Å². The third-order valence-electron chi connectivity index (χ3n) is 16.3. The molecule has 13 aromatic rings. The predicted octanol–water partition coefficient (Wildman–Crippen LogP) is 20.8. The van der Waals surface area contributed by atoms with E-state index in [0.29, 0.717) is 28.3 Å². The minimum absolute atomic E-state index is 0.361. The Labute approximate surface area is 464 Å². The lowest BCUT2D eigenvalue weighted by Gasteiger charge is -2.22. The summed E-state index contributed by atoms with van der Waals surface area (Å²) >= 11 is 0. The molecule has 0 saturated carbocycles. The summed E-state index contributed by atoms with van der Waals surface area (Å²) in [6, 6.07) is 70.1. The van der Waals surface area contributed by atoms with Gasteiger partial charge in [0.05, 0.1) is 50.4 Å². The number of fused-ring (bicyclic) bond motifs is 6. The molecule has 0 radical (unpaired) electrons. The van der Waals surface area contributed by atoms with Gasteiger partial charge in [0.1, 0.15) is 0 Å². The van der Waals surface area contributed by atoms with E-state index in [-0.39, 0.29) is 0 Å². The van der Waals surface area contributed by atoms with E-state index in [4.69, 9.17) is 4.98 Å². The molecule has 0 aliphatic rings. The molecule has 0 aliphatic carbocycles. The summed E-state index contributed by atoms with van der Waals surface area (Å²) in [5, 5.41) is 3.70. The molecule has 0 bridgehead atoms. The van der Waals surface area contributed by atoms with Crippen molar-refractivity contribution < 1.29 is 13.2 Å². The molecule has 0 amide bonds. The number of benzene rings is 10. The van der Waals surface area contributed by atoms with E-state index >= 15 is 13.2 Å². The Morgan fingerprint density at radius 1 is 0.312 bits per heavy atom. The van der Waals surface area contributed by atoms with Crippen LogP contribution in [0.25, 0.3) is 122 Å². The van der Waals surface area contributed by atoms with Crippen molar-refractivity contribution >= 4 is 43.6 Å². The first-order valence-electron chi connectivity index (χ1n) is 27.3. The van der Waals surface area contributed by atoms with Crippen molar-refractivity contribution in [3.05, 3.63) is 256 Å². The van der Waals surface area contributed by atoms with Gasteiger partial charge in [0.25, 0.3) is 0 Å². The first kappa shape index (κ1) is 50.3. The van der Waals surface area contributed by atoms with Gasteiger partial charge in [-0.3, -0.25) is 0 Å². The van der Waals surface area contributed by atoms with Crippen LogP contribution in [0, 0.1) is 55.4 Å². The number of pyridine rings is 1. The van der Waals surface area contributed by atoms with Crippen LogP contribution in [-0.2, 0) is 6.18 Å². The lowest BCUT2D eigenvalue weighted by Crippen LogP contribution is -2.11. The Hall–Kier alpha value is -9.26. The fraction of sp³-hybridized carbons (Fsp3) is 0.122. The van der Waals surface area contributed by atoms with Gasteiger partial charge in [-0.25, -0.2) is 4.98 Å². The number of alkyl halides is 3. The van der Waals surface area contributed by atoms with Crippen molar-refractivity contribution in [2.45, 2.75) is 61.6 Å². The van der Waals surface area contributed by atoms with Gasteiger partial charge in [0.2, 0.25) is 0 Å². The zero-order chi connectivity index (χ0) is 55.3. The highest BCUT2D eigenvalue weighted by molar-refractivity contribution is 6.14. The molecule has 0 atom stereocenters. The van der Waals surface area contributed by atoms with Crippen LogP contribution >= 0.6 is 0 Å². The lowest BCUT2D eigenvalue weighted by atomic mass is 9.95. The van der Waals surface area contributed by atoms with Crippen molar-refractivity contribution in [1.82, 2.24) is 14.1 Å². The van der Waals surface area contributed by atoms with Crippen molar-refractivity contribution in [3.63, 3.8) is 0 Å². The Kier molecular flexibility index (Phi) is 12.1. The van der Waals surface area contributed by atoms with Gasteiger partial charge < -0.3 is 9.13 Å². The van der Waals surface area contributed by atoms with Crippen LogP contribution in [0.1, 0.15) is 50.1 Å². The van der Waals surface area contributed by atoms with E-state index in [0.717, 1.165) is 116 Å². The normalized spacial score (nSPS) is 11.9.